The summed E-state index contributed by atoms with van der Waals surface area (Å²) in [6.07, 6.45) is 5.26. The maximum atomic E-state index is 2.67. The molecular formula is C19H26N2. The van der Waals surface area contributed by atoms with Crippen molar-refractivity contribution < 1.29 is 0 Å². The highest BCUT2D eigenvalue weighted by atomic mass is 15.1. The van der Waals surface area contributed by atoms with E-state index >= 15 is 0 Å². The first-order valence-corrected chi connectivity index (χ1v) is 8.52. The summed E-state index contributed by atoms with van der Waals surface area (Å²) in [4.78, 5) is 2.67. The lowest BCUT2D eigenvalue weighted by atomic mass is 9.75. The summed E-state index contributed by atoms with van der Waals surface area (Å²) in [6, 6.07) is 9.01. The Kier molecular flexibility index (Phi) is 3.30. The highest BCUT2D eigenvalue weighted by Crippen LogP contribution is 2.42. The number of nitrogens with zero attached hydrogens (tertiary/aromatic N) is 2. The molecule has 2 bridgehead atoms. The van der Waals surface area contributed by atoms with E-state index in [9.17, 15) is 0 Å². The second kappa shape index (κ2) is 5.17. The number of benzene rings is 1. The Bertz CT molecular complexity index is 632. The van der Waals surface area contributed by atoms with Crippen molar-refractivity contribution in [2.24, 2.45) is 11.8 Å². The van der Waals surface area contributed by atoms with Crippen LogP contribution in [0.5, 0.6) is 0 Å². The van der Waals surface area contributed by atoms with Gasteiger partial charge in [-0.25, -0.2) is 0 Å². The van der Waals surface area contributed by atoms with E-state index in [1.165, 1.54) is 43.4 Å². The van der Waals surface area contributed by atoms with Gasteiger partial charge in [-0.2, -0.15) is 0 Å². The topological polar surface area (TPSA) is 8.17 Å². The van der Waals surface area contributed by atoms with Crippen molar-refractivity contribution in [1.82, 2.24) is 9.47 Å². The minimum atomic E-state index is 0.695. The molecule has 3 fully saturated rings. The first kappa shape index (κ1) is 13.4. The van der Waals surface area contributed by atoms with E-state index in [1.54, 1.807) is 5.56 Å². The van der Waals surface area contributed by atoms with E-state index in [-0.39, 0.29) is 0 Å². The van der Waals surface area contributed by atoms with Crippen LogP contribution >= 0.6 is 0 Å². The van der Waals surface area contributed by atoms with E-state index in [1.807, 2.05) is 0 Å². The molecule has 1 aromatic heterocycles. The number of hydrogen-bond donors (Lipinski definition) is 0. The lowest BCUT2D eigenvalue weighted by molar-refractivity contribution is 0.0875. The third kappa shape index (κ3) is 2.30. The molecule has 2 nitrogen and oxygen atoms in total. The van der Waals surface area contributed by atoms with Gasteiger partial charge in [-0.3, -0.25) is 0 Å². The minimum absolute atomic E-state index is 0.695. The van der Waals surface area contributed by atoms with Crippen LogP contribution in [0.15, 0.2) is 30.5 Å². The van der Waals surface area contributed by atoms with Gasteiger partial charge in [0, 0.05) is 36.1 Å². The minimum Gasteiger partial charge on any atom is -0.347 e. The van der Waals surface area contributed by atoms with Gasteiger partial charge in [0.2, 0.25) is 0 Å². The standard InChI is InChI=1S/C19H26N2/c1-14(2)11-21-13-18(16-5-3-4-6-19(16)21)17-12-20-9-7-15(17)8-10-20/h3-6,13-15,17H,7-12H2,1-2H3. The average molecular weight is 282 g/mol. The van der Waals surface area contributed by atoms with Crippen molar-refractivity contribution in [3.05, 3.63) is 36.0 Å². The maximum Gasteiger partial charge on any atom is 0.0483 e. The molecule has 1 aromatic carbocycles. The molecule has 112 valence electrons. The molecule has 5 rings (SSSR count). The zero-order chi connectivity index (χ0) is 14.4. The van der Waals surface area contributed by atoms with Gasteiger partial charge in [0.25, 0.3) is 0 Å². The summed E-state index contributed by atoms with van der Waals surface area (Å²) in [7, 11) is 0. The van der Waals surface area contributed by atoms with Crippen LogP contribution in [0.2, 0.25) is 0 Å². The van der Waals surface area contributed by atoms with Crippen LogP contribution in [0.1, 0.15) is 38.2 Å². The Hall–Kier alpha value is -1.28. The molecule has 3 saturated heterocycles. The highest BCUT2D eigenvalue weighted by Gasteiger charge is 2.36. The first-order chi connectivity index (χ1) is 10.2. The zero-order valence-electron chi connectivity index (χ0n) is 13.3. The lowest BCUT2D eigenvalue weighted by Gasteiger charge is -2.44. The van der Waals surface area contributed by atoms with Gasteiger partial charge in [-0.15, -0.1) is 0 Å². The molecule has 0 N–H and O–H groups in total. The molecule has 1 atom stereocenters. The van der Waals surface area contributed by atoms with E-state index in [4.69, 9.17) is 0 Å². The van der Waals surface area contributed by atoms with Gasteiger partial charge in [0.05, 0.1) is 0 Å². The van der Waals surface area contributed by atoms with Crippen LogP contribution in [0.25, 0.3) is 10.9 Å². The number of aromatic nitrogens is 1. The van der Waals surface area contributed by atoms with Crippen molar-refractivity contribution >= 4 is 10.9 Å². The molecule has 2 aromatic rings. The summed E-state index contributed by atoms with van der Waals surface area (Å²) < 4.78 is 2.49. The fourth-order valence-electron chi connectivity index (χ4n) is 4.43. The molecule has 0 saturated carbocycles. The Morgan fingerprint density at radius 1 is 1.14 bits per heavy atom. The van der Waals surface area contributed by atoms with Crippen LogP contribution in [-0.4, -0.2) is 29.1 Å². The van der Waals surface area contributed by atoms with Gasteiger partial charge in [-0.1, -0.05) is 32.0 Å². The van der Waals surface area contributed by atoms with Gasteiger partial charge < -0.3 is 9.47 Å². The fourth-order valence-corrected chi connectivity index (χ4v) is 4.43. The fraction of sp³-hybridized carbons (Fsp3) is 0.579. The van der Waals surface area contributed by atoms with Crippen LogP contribution in [0.4, 0.5) is 0 Å². The summed E-state index contributed by atoms with van der Waals surface area (Å²) >= 11 is 0. The first-order valence-electron chi connectivity index (χ1n) is 8.52. The van der Waals surface area contributed by atoms with Gasteiger partial charge in [0.15, 0.2) is 0 Å². The third-order valence-electron chi connectivity index (χ3n) is 5.44. The predicted octanol–water partition coefficient (Wildman–Crippen LogP) is 4.11. The number of para-hydroxylation sites is 1. The van der Waals surface area contributed by atoms with E-state index < -0.39 is 0 Å². The molecule has 1 unspecified atom stereocenters. The molecule has 2 heteroatoms. The summed E-state index contributed by atoms with van der Waals surface area (Å²) in [5.74, 6) is 2.36. The van der Waals surface area contributed by atoms with Crippen molar-refractivity contribution in [3.63, 3.8) is 0 Å². The Labute approximate surface area is 127 Å². The molecule has 0 aliphatic carbocycles. The molecule has 3 aliphatic rings. The van der Waals surface area contributed by atoms with Crippen LogP contribution < -0.4 is 0 Å². The summed E-state index contributed by atoms with van der Waals surface area (Å²) in [5.41, 5.74) is 3.04. The Balaban J connectivity index is 1.78. The second-order valence-corrected chi connectivity index (χ2v) is 7.39. The predicted molar refractivity (Wildman–Crippen MR) is 88.7 cm³/mol. The molecule has 4 heterocycles. The molecule has 3 aliphatic heterocycles. The Morgan fingerprint density at radius 3 is 2.57 bits per heavy atom. The number of fused-ring (bicyclic) bond motifs is 4. The maximum absolute atomic E-state index is 2.67. The molecular weight excluding hydrogens is 256 g/mol. The molecule has 0 spiro atoms. The quantitative estimate of drug-likeness (QED) is 0.822. The number of rotatable bonds is 3. The van der Waals surface area contributed by atoms with Gasteiger partial charge >= 0.3 is 0 Å². The normalized spacial score (nSPS) is 28.6. The van der Waals surface area contributed by atoms with Crippen LogP contribution in [0.3, 0.4) is 0 Å². The second-order valence-electron chi connectivity index (χ2n) is 7.39. The summed E-state index contributed by atoms with van der Waals surface area (Å²) in [6.45, 7) is 9.67. The third-order valence-corrected chi connectivity index (χ3v) is 5.44. The van der Waals surface area contributed by atoms with Crippen molar-refractivity contribution in [3.8, 4) is 0 Å². The largest absolute Gasteiger partial charge is 0.347 e. The zero-order valence-corrected chi connectivity index (χ0v) is 13.3. The van der Waals surface area contributed by atoms with E-state index in [0.29, 0.717) is 5.92 Å². The number of piperidine rings is 3. The van der Waals surface area contributed by atoms with Crippen LogP contribution in [0, 0.1) is 11.8 Å². The van der Waals surface area contributed by atoms with Gasteiger partial charge in [-0.05, 0) is 49.4 Å². The van der Waals surface area contributed by atoms with E-state index in [0.717, 1.165) is 18.4 Å². The number of hydrogen-bond acceptors (Lipinski definition) is 1. The van der Waals surface area contributed by atoms with Gasteiger partial charge in [0.1, 0.15) is 0 Å². The van der Waals surface area contributed by atoms with Crippen molar-refractivity contribution in [2.75, 3.05) is 19.6 Å². The van der Waals surface area contributed by atoms with Crippen LogP contribution in [-0.2, 0) is 6.54 Å². The average Bonchev–Trinajstić information content (AvgIpc) is 2.87. The lowest BCUT2D eigenvalue weighted by Crippen LogP contribution is -2.46. The smallest absolute Gasteiger partial charge is 0.0483 e. The van der Waals surface area contributed by atoms with Crippen molar-refractivity contribution in [2.45, 2.75) is 39.2 Å². The molecule has 21 heavy (non-hydrogen) atoms. The Morgan fingerprint density at radius 2 is 1.90 bits per heavy atom. The molecule has 0 radical (unpaired) electrons. The SMILES string of the molecule is CC(C)Cn1cc(C2CN3CCC2CC3)c2ccccc21. The monoisotopic (exact) mass is 282 g/mol. The van der Waals surface area contributed by atoms with Crippen molar-refractivity contribution in [1.29, 1.82) is 0 Å². The summed E-state index contributed by atoms with van der Waals surface area (Å²) in [5, 5.41) is 1.50. The highest BCUT2D eigenvalue weighted by molar-refractivity contribution is 5.84. The molecule has 0 amide bonds. The van der Waals surface area contributed by atoms with E-state index in [2.05, 4.69) is 53.8 Å².